The zero-order chi connectivity index (χ0) is 15.5. The van der Waals surface area contributed by atoms with Crippen molar-refractivity contribution < 1.29 is 14.3 Å². The summed E-state index contributed by atoms with van der Waals surface area (Å²) in [4.78, 5) is 23.7. The molecule has 0 bridgehead atoms. The van der Waals surface area contributed by atoms with E-state index in [1.165, 1.54) is 27.2 Å². The number of likely N-dealkylation sites (N-methyl/N-ethyl adjacent to an activating group) is 1. The van der Waals surface area contributed by atoms with Gasteiger partial charge in [-0.15, -0.1) is 0 Å². The maximum atomic E-state index is 11.9. The maximum Gasteiger partial charge on any atom is 0.409 e. The lowest BCUT2D eigenvalue weighted by molar-refractivity contribution is -0.110. The molecule has 0 atom stereocenters. The van der Waals surface area contributed by atoms with E-state index in [2.05, 4.69) is 24.3 Å². The molecule has 1 aliphatic rings. The molecular formula is C18H17NO3. The van der Waals surface area contributed by atoms with E-state index in [-0.39, 0.29) is 12.5 Å². The highest BCUT2D eigenvalue weighted by atomic mass is 16.6. The summed E-state index contributed by atoms with van der Waals surface area (Å²) in [7, 11) is 1.69. The van der Waals surface area contributed by atoms with Gasteiger partial charge in [0, 0.05) is 19.5 Å². The fourth-order valence-electron chi connectivity index (χ4n) is 3.02. The number of fused-ring (bicyclic) bond motifs is 3. The Balaban J connectivity index is 1.88. The zero-order valence-corrected chi connectivity index (χ0v) is 12.4. The number of hydrogen-bond acceptors (Lipinski definition) is 3. The minimum Gasteiger partial charge on any atom is -0.442 e. The van der Waals surface area contributed by atoms with E-state index >= 15 is 0 Å². The van der Waals surface area contributed by atoms with Crippen molar-refractivity contribution in [1.29, 1.82) is 0 Å². The van der Waals surface area contributed by atoms with Crippen molar-refractivity contribution in [1.82, 2.24) is 4.90 Å². The lowest BCUT2D eigenvalue weighted by Crippen LogP contribution is -2.31. The smallest absolute Gasteiger partial charge is 0.409 e. The number of carbonyl (C=O) groups excluding carboxylic acids is 2. The summed E-state index contributed by atoms with van der Waals surface area (Å²) >= 11 is 0. The van der Waals surface area contributed by atoms with Gasteiger partial charge in [0.25, 0.3) is 0 Å². The van der Waals surface area contributed by atoms with Crippen molar-refractivity contribution >= 4 is 12.4 Å². The third-order valence-corrected chi connectivity index (χ3v) is 4.01. The van der Waals surface area contributed by atoms with Crippen LogP contribution in [0.4, 0.5) is 4.79 Å². The second-order valence-electron chi connectivity index (χ2n) is 5.35. The van der Waals surface area contributed by atoms with E-state index in [1.807, 2.05) is 24.3 Å². The largest absolute Gasteiger partial charge is 0.442 e. The lowest BCUT2D eigenvalue weighted by Gasteiger charge is -2.22. The SMILES string of the molecule is CN(CC1c2ccccc2-c2ccccc21)C(=O)OCC=O. The zero-order valence-electron chi connectivity index (χ0n) is 12.4. The molecule has 3 rings (SSSR count). The number of rotatable bonds is 4. The maximum absolute atomic E-state index is 11.9. The van der Waals surface area contributed by atoms with Gasteiger partial charge in [-0.3, -0.25) is 4.79 Å². The fourth-order valence-corrected chi connectivity index (χ4v) is 3.02. The molecule has 0 aliphatic heterocycles. The average Bonchev–Trinajstić information content (AvgIpc) is 2.87. The first-order valence-corrected chi connectivity index (χ1v) is 7.22. The minimum atomic E-state index is -0.478. The predicted octanol–water partition coefficient (Wildman–Crippen LogP) is 3.07. The molecule has 2 aromatic rings. The number of hydrogen-bond donors (Lipinski definition) is 0. The Bertz CT molecular complexity index is 665. The van der Waals surface area contributed by atoms with Crippen LogP contribution in [0.3, 0.4) is 0 Å². The molecule has 0 saturated heterocycles. The molecule has 0 fully saturated rings. The Morgan fingerprint density at radius 1 is 1.09 bits per heavy atom. The Morgan fingerprint density at radius 3 is 2.18 bits per heavy atom. The summed E-state index contributed by atoms with van der Waals surface area (Å²) in [5.41, 5.74) is 4.88. The number of benzene rings is 2. The van der Waals surface area contributed by atoms with E-state index in [9.17, 15) is 9.59 Å². The van der Waals surface area contributed by atoms with Crippen molar-refractivity contribution in [2.24, 2.45) is 0 Å². The van der Waals surface area contributed by atoms with Gasteiger partial charge in [0.1, 0.15) is 6.61 Å². The second-order valence-corrected chi connectivity index (χ2v) is 5.35. The van der Waals surface area contributed by atoms with Crippen molar-refractivity contribution in [2.45, 2.75) is 5.92 Å². The fraction of sp³-hybridized carbons (Fsp3) is 0.222. The Morgan fingerprint density at radius 2 is 1.64 bits per heavy atom. The number of amides is 1. The molecule has 22 heavy (non-hydrogen) atoms. The van der Waals surface area contributed by atoms with E-state index < -0.39 is 6.09 Å². The van der Waals surface area contributed by atoms with E-state index in [1.54, 1.807) is 7.05 Å². The van der Waals surface area contributed by atoms with Crippen molar-refractivity contribution in [3.8, 4) is 11.1 Å². The van der Waals surface area contributed by atoms with E-state index in [4.69, 9.17) is 4.74 Å². The number of nitrogens with zero attached hydrogens (tertiary/aromatic N) is 1. The molecule has 1 aliphatic carbocycles. The van der Waals surface area contributed by atoms with Crippen LogP contribution < -0.4 is 0 Å². The van der Waals surface area contributed by atoms with Gasteiger partial charge in [0.05, 0.1) is 0 Å². The van der Waals surface area contributed by atoms with Crippen LogP contribution in [0.5, 0.6) is 0 Å². The first kappa shape index (κ1) is 14.3. The normalized spacial score (nSPS) is 12.4. The molecule has 2 aromatic carbocycles. The van der Waals surface area contributed by atoms with Gasteiger partial charge in [-0.2, -0.15) is 0 Å². The van der Waals surface area contributed by atoms with E-state index in [0.29, 0.717) is 12.8 Å². The highest BCUT2D eigenvalue weighted by Crippen LogP contribution is 2.44. The number of aldehydes is 1. The summed E-state index contributed by atoms with van der Waals surface area (Å²) < 4.78 is 4.86. The minimum absolute atomic E-state index is 0.126. The molecule has 0 aromatic heterocycles. The summed E-state index contributed by atoms with van der Waals surface area (Å²) in [5, 5.41) is 0. The van der Waals surface area contributed by atoms with Crippen molar-refractivity contribution in [3.05, 3.63) is 59.7 Å². The Hall–Kier alpha value is -2.62. The highest BCUT2D eigenvalue weighted by molar-refractivity contribution is 5.79. The standard InChI is InChI=1S/C18H17NO3/c1-19(18(21)22-11-10-20)12-17-15-8-4-2-6-13(15)14-7-3-5-9-16(14)17/h2-10,17H,11-12H2,1H3. The first-order chi connectivity index (χ1) is 10.7. The van der Waals surface area contributed by atoms with Crippen LogP contribution in [0, 0.1) is 0 Å². The molecule has 112 valence electrons. The van der Waals surface area contributed by atoms with Crippen LogP contribution in [0.2, 0.25) is 0 Å². The quantitative estimate of drug-likeness (QED) is 0.814. The molecule has 4 nitrogen and oxygen atoms in total. The molecule has 0 N–H and O–H groups in total. The monoisotopic (exact) mass is 295 g/mol. The van der Waals surface area contributed by atoms with Gasteiger partial charge < -0.3 is 9.64 Å². The molecule has 0 saturated carbocycles. The van der Waals surface area contributed by atoms with Gasteiger partial charge in [-0.05, 0) is 22.3 Å². The number of carbonyl (C=O) groups is 2. The van der Waals surface area contributed by atoms with Crippen molar-refractivity contribution in [3.63, 3.8) is 0 Å². The molecule has 0 heterocycles. The highest BCUT2D eigenvalue weighted by Gasteiger charge is 2.29. The summed E-state index contributed by atoms with van der Waals surface area (Å²) in [6.45, 7) is 0.312. The molecular weight excluding hydrogens is 278 g/mol. The van der Waals surface area contributed by atoms with Gasteiger partial charge in [-0.1, -0.05) is 48.5 Å². The van der Waals surface area contributed by atoms with Gasteiger partial charge in [0.15, 0.2) is 6.29 Å². The number of ether oxygens (including phenoxy) is 1. The van der Waals surface area contributed by atoms with Crippen LogP contribution in [-0.2, 0) is 9.53 Å². The van der Waals surface area contributed by atoms with Crippen LogP contribution >= 0.6 is 0 Å². The van der Waals surface area contributed by atoms with Gasteiger partial charge in [0.2, 0.25) is 0 Å². The second kappa shape index (κ2) is 6.02. The van der Waals surface area contributed by atoms with E-state index in [0.717, 1.165) is 0 Å². The van der Waals surface area contributed by atoms with Gasteiger partial charge >= 0.3 is 6.09 Å². The van der Waals surface area contributed by atoms with Crippen LogP contribution in [0.15, 0.2) is 48.5 Å². The molecule has 0 radical (unpaired) electrons. The molecule has 4 heteroatoms. The van der Waals surface area contributed by atoms with Crippen LogP contribution in [0.1, 0.15) is 17.0 Å². The first-order valence-electron chi connectivity index (χ1n) is 7.22. The Labute approximate surface area is 129 Å². The predicted molar refractivity (Wildman–Crippen MR) is 83.8 cm³/mol. The van der Waals surface area contributed by atoms with Gasteiger partial charge in [-0.25, -0.2) is 4.79 Å². The average molecular weight is 295 g/mol. The topological polar surface area (TPSA) is 46.6 Å². The Kier molecular flexibility index (Phi) is 3.92. The van der Waals surface area contributed by atoms with Crippen LogP contribution in [-0.4, -0.2) is 37.5 Å². The van der Waals surface area contributed by atoms with Crippen LogP contribution in [0.25, 0.3) is 11.1 Å². The lowest BCUT2D eigenvalue weighted by atomic mass is 9.96. The molecule has 1 amide bonds. The molecule has 0 unspecified atom stereocenters. The summed E-state index contributed by atoms with van der Waals surface area (Å²) in [6, 6.07) is 16.5. The summed E-state index contributed by atoms with van der Waals surface area (Å²) in [5.74, 6) is 0.126. The molecule has 0 spiro atoms. The van der Waals surface area contributed by atoms with Crippen molar-refractivity contribution in [2.75, 3.05) is 20.2 Å². The third kappa shape index (κ3) is 2.48. The summed E-state index contributed by atoms with van der Waals surface area (Å²) in [6.07, 6.45) is 0.0975. The third-order valence-electron chi connectivity index (χ3n) is 4.01.